The van der Waals surface area contributed by atoms with Crippen LogP contribution in [0, 0.1) is 0 Å². The molecule has 0 spiro atoms. The largest absolute Gasteiger partial charge is 0.465 e. The van der Waals surface area contributed by atoms with Gasteiger partial charge in [-0.1, -0.05) is 6.07 Å². The van der Waals surface area contributed by atoms with E-state index < -0.39 is 5.97 Å². The van der Waals surface area contributed by atoms with E-state index in [1.807, 2.05) is 25.1 Å². The van der Waals surface area contributed by atoms with Gasteiger partial charge >= 0.3 is 5.97 Å². The van der Waals surface area contributed by atoms with Crippen LogP contribution >= 0.6 is 0 Å². The van der Waals surface area contributed by atoms with E-state index in [1.165, 1.54) is 7.11 Å². The fraction of sp³-hybridized carbons (Fsp3) is 0.235. The molecular weight excluding hydrogens is 294 g/mol. The summed E-state index contributed by atoms with van der Waals surface area (Å²) in [5.41, 5.74) is 2.63. The summed E-state index contributed by atoms with van der Waals surface area (Å²) >= 11 is 0. The maximum absolute atomic E-state index is 12.2. The van der Waals surface area contributed by atoms with Crippen molar-refractivity contribution in [2.75, 3.05) is 31.4 Å². The number of aromatic nitrogens is 1. The maximum Gasteiger partial charge on any atom is 0.337 e. The number of ether oxygens (including phenoxy) is 1. The first-order valence-corrected chi connectivity index (χ1v) is 7.09. The zero-order valence-electron chi connectivity index (χ0n) is 13.4. The van der Waals surface area contributed by atoms with Crippen LogP contribution in [0.4, 0.5) is 11.4 Å². The number of esters is 1. The average Bonchev–Trinajstić information content (AvgIpc) is 2.55. The standard InChI is InChI=1S/C17H19N3O3/c1-20(2)15-10-13(17(22)23-3)6-7-14(15)19-16(21)9-12-5-4-8-18-11-12/h4-8,10-11H,9H2,1-3H3,(H,19,21). The highest BCUT2D eigenvalue weighted by atomic mass is 16.5. The number of hydrogen-bond acceptors (Lipinski definition) is 5. The molecule has 1 N–H and O–H groups in total. The Morgan fingerprint density at radius 2 is 2.04 bits per heavy atom. The molecule has 0 bridgehead atoms. The van der Waals surface area contributed by atoms with E-state index in [4.69, 9.17) is 4.74 Å². The topological polar surface area (TPSA) is 71.5 Å². The third-order valence-corrected chi connectivity index (χ3v) is 3.26. The normalized spacial score (nSPS) is 10.0. The van der Waals surface area contributed by atoms with Gasteiger partial charge in [0, 0.05) is 26.5 Å². The number of nitrogens with one attached hydrogen (secondary N) is 1. The Balaban J connectivity index is 2.18. The lowest BCUT2D eigenvalue weighted by molar-refractivity contribution is -0.115. The molecule has 0 aliphatic carbocycles. The molecule has 1 heterocycles. The minimum atomic E-state index is -0.415. The van der Waals surface area contributed by atoms with Crippen molar-refractivity contribution in [1.82, 2.24) is 4.98 Å². The van der Waals surface area contributed by atoms with E-state index in [0.29, 0.717) is 11.3 Å². The van der Waals surface area contributed by atoms with E-state index in [0.717, 1.165) is 11.3 Å². The number of carbonyl (C=O) groups excluding carboxylic acids is 2. The molecule has 6 heteroatoms. The average molecular weight is 313 g/mol. The van der Waals surface area contributed by atoms with Crippen LogP contribution in [0.15, 0.2) is 42.7 Å². The maximum atomic E-state index is 12.2. The van der Waals surface area contributed by atoms with Gasteiger partial charge in [-0.05, 0) is 29.8 Å². The molecule has 0 aliphatic heterocycles. The molecule has 1 amide bonds. The Bertz CT molecular complexity index is 699. The van der Waals surface area contributed by atoms with Crippen molar-refractivity contribution >= 4 is 23.3 Å². The lowest BCUT2D eigenvalue weighted by Crippen LogP contribution is -2.19. The van der Waals surface area contributed by atoms with E-state index in [-0.39, 0.29) is 12.3 Å². The molecule has 2 rings (SSSR count). The first-order chi connectivity index (χ1) is 11.0. The zero-order valence-corrected chi connectivity index (χ0v) is 13.4. The molecule has 120 valence electrons. The van der Waals surface area contributed by atoms with Crippen LogP contribution in [-0.2, 0) is 16.0 Å². The quantitative estimate of drug-likeness (QED) is 0.856. The van der Waals surface area contributed by atoms with Gasteiger partial charge in [0.15, 0.2) is 0 Å². The van der Waals surface area contributed by atoms with Crippen LogP contribution in [-0.4, -0.2) is 38.1 Å². The van der Waals surface area contributed by atoms with Gasteiger partial charge in [0.05, 0.1) is 30.5 Å². The zero-order chi connectivity index (χ0) is 16.8. The van der Waals surface area contributed by atoms with Gasteiger partial charge in [0.2, 0.25) is 5.91 Å². The van der Waals surface area contributed by atoms with Gasteiger partial charge in [0.25, 0.3) is 0 Å². The summed E-state index contributed by atoms with van der Waals surface area (Å²) in [4.78, 5) is 29.6. The van der Waals surface area contributed by atoms with Crippen LogP contribution in [0.3, 0.4) is 0 Å². The van der Waals surface area contributed by atoms with Gasteiger partial charge in [-0.3, -0.25) is 9.78 Å². The number of benzene rings is 1. The van der Waals surface area contributed by atoms with Crippen molar-refractivity contribution < 1.29 is 14.3 Å². The number of carbonyl (C=O) groups is 2. The number of nitrogens with zero attached hydrogens (tertiary/aromatic N) is 2. The minimum Gasteiger partial charge on any atom is -0.465 e. The van der Waals surface area contributed by atoms with Crippen LogP contribution in [0.25, 0.3) is 0 Å². The van der Waals surface area contributed by atoms with Gasteiger partial charge < -0.3 is 15.0 Å². The second-order valence-corrected chi connectivity index (χ2v) is 5.20. The highest BCUT2D eigenvalue weighted by molar-refractivity contribution is 5.98. The first kappa shape index (κ1) is 16.5. The number of methoxy groups -OCH3 is 1. The third kappa shape index (κ3) is 4.29. The molecule has 6 nitrogen and oxygen atoms in total. The van der Waals surface area contributed by atoms with E-state index >= 15 is 0 Å². The summed E-state index contributed by atoms with van der Waals surface area (Å²) in [6.45, 7) is 0. The van der Waals surface area contributed by atoms with Crippen molar-refractivity contribution in [3.63, 3.8) is 0 Å². The van der Waals surface area contributed by atoms with Crippen LogP contribution in [0.2, 0.25) is 0 Å². The monoisotopic (exact) mass is 313 g/mol. The van der Waals surface area contributed by atoms with E-state index in [1.54, 1.807) is 36.7 Å². The molecule has 1 aromatic heterocycles. The molecule has 1 aromatic carbocycles. The molecule has 2 aromatic rings. The summed E-state index contributed by atoms with van der Waals surface area (Å²) in [6, 6.07) is 8.64. The Kier molecular flexibility index (Phi) is 5.30. The second kappa shape index (κ2) is 7.40. The number of amides is 1. The summed E-state index contributed by atoms with van der Waals surface area (Å²) in [6.07, 6.45) is 3.56. The van der Waals surface area contributed by atoms with Crippen LogP contribution in [0.1, 0.15) is 15.9 Å². The van der Waals surface area contributed by atoms with Crippen molar-refractivity contribution in [2.24, 2.45) is 0 Å². The van der Waals surface area contributed by atoms with E-state index in [9.17, 15) is 9.59 Å². The van der Waals surface area contributed by atoms with Crippen molar-refractivity contribution in [2.45, 2.75) is 6.42 Å². The second-order valence-electron chi connectivity index (χ2n) is 5.20. The predicted octanol–water partition coefficient (Wildman–Crippen LogP) is 2.12. The Morgan fingerprint density at radius 1 is 1.26 bits per heavy atom. The highest BCUT2D eigenvalue weighted by Crippen LogP contribution is 2.26. The summed E-state index contributed by atoms with van der Waals surface area (Å²) in [5.74, 6) is -0.562. The third-order valence-electron chi connectivity index (χ3n) is 3.26. The number of pyridine rings is 1. The molecule has 0 fully saturated rings. The molecule has 0 saturated carbocycles. The van der Waals surface area contributed by atoms with Crippen molar-refractivity contribution in [1.29, 1.82) is 0 Å². The summed E-state index contributed by atoms with van der Waals surface area (Å²) in [7, 11) is 5.02. The van der Waals surface area contributed by atoms with E-state index in [2.05, 4.69) is 10.3 Å². The molecule has 0 saturated heterocycles. The number of anilines is 2. The summed E-state index contributed by atoms with van der Waals surface area (Å²) in [5, 5.41) is 2.86. The van der Waals surface area contributed by atoms with Crippen molar-refractivity contribution in [3.8, 4) is 0 Å². The smallest absolute Gasteiger partial charge is 0.337 e. The molecule has 0 unspecified atom stereocenters. The molecule has 0 aliphatic rings. The lowest BCUT2D eigenvalue weighted by atomic mass is 10.1. The summed E-state index contributed by atoms with van der Waals surface area (Å²) < 4.78 is 4.72. The Labute approximate surface area is 135 Å². The highest BCUT2D eigenvalue weighted by Gasteiger charge is 2.13. The lowest BCUT2D eigenvalue weighted by Gasteiger charge is -2.19. The minimum absolute atomic E-state index is 0.146. The SMILES string of the molecule is COC(=O)c1ccc(NC(=O)Cc2cccnc2)c(N(C)C)c1. The fourth-order valence-electron chi connectivity index (χ4n) is 2.13. The van der Waals surface area contributed by atoms with Crippen molar-refractivity contribution in [3.05, 3.63) is 53.9 Å². The fourth-order valence-corrected chi connectivity index (χ4v) is 2.13. The van der Waals surface area contributed by atoms with Crippen LogP contribution in [0.5, 0.6) is 0 Å². The molecular formula is C17H19N3O3. The number of hydrogen-bond donors (Lipinski definition) is 1. The Hall–Kier alpha value is -2.89. The van der Waals surface area contributed by atoms with Gasteiger partial charge in [-0.25, -0.2) is 4.79 Å². The van der Waals surface area contributed by atoms with Gasteiger partial charge in [-0.2, -0.15) is 0 Å². The Morgan fingerprint density at radius 3 is 2.65 bits per heavy atom. The molecule has 23 heavy (non-hydrogen) atoms. The predicted molar refractivity (Wildman–Crippen MR) is 88.7 cm³/mol. The van der Waals surface area contributed by atoms with Crippen LogP contribution < -0.4 is 10.2 Å². The molecule has 0 atom stereocenters. The van der Waals surface area contributed by atoms with Gasteiger partial charge in [-0.15, -0.1) is 0 Å². The first-order valence-electron chi connectivity index (χ1n) is 7.09. The number of rotatable bonds is 5. The molecule has 0 radical (unpaired) electrons. The van der Waals surface area contributed by atoms with Gasteiger partial charge in [0.1, 0.15) is 0 Å².